The van der Waals surface area contributed by atoms with Gasteiger partial charge < -0.3 is 19.8 Å². The molecular weight excluding hydrogens is 648 g/mol. The summed E-state index contributed by atoms with van der Waals surface area (Å²) in [6.45, 7) is 0. The van der Waals surface area contributed by atoms with Crippen LogP contribution in [0.5, 0.6) is 11.5 Å². The molecule has 20 heteroatoms. The van der Waals surface area contributed by atoms with Crippen molar-refractivity contribution in [2.75, 3.05) is 0 Å². The molecule has 0 fully saturated rings. The van der Waals surface area contributed by atoms with Crippen LogP contribution in [0.4, 0.5) is 65.9 Å². The third kappa shape index (κ3) is 4.64. The predicted molar refractivity (Wildman–Crippen MR) is 115 cm³/mol. The maximum atomic E-state index is 15.1. The average molecular weight is 652 g/mol. The van der Waals surface area contributed by atoms with E-state index in [9.17, 15) is 62.2 Å². The Hall–Kier alpha value is -4.59. The number of rotatable bonds is 5. The smallest absolute Gasteiger partial charge is 0.509 e. The third-order valence-corrected chi connectivity index (χ3v) is 5.90. The second-order valence-electron chi connectivity index (χ2n) is 8.30. The molecule has 0 aliphatic heterocycles. The quantitative estimate of drug-likeness (QED) is 0.0958. The molecule has 4 rings (SSSR count). The lowest BCUT2D eigenvalue weighted by Gasteiger charge is -2.23. The van der Waals surface area contributed by atoms with Crippen molar-refractivity contribution in [1.29, 1.82) is 0 Å². The number of halogens is 15. The first kappa shape index (κ1) is 32.3. The third-order valence-electron chi connectivity index (χ3n) is 5.90. The van der Waals surface area contributed by atoms with Gasteiger partial charge in [0.15, 0.2) is 75.6 Å². The minimum Gasteiger partial charge on any atom is -0.509 e. The number of phenolic OH excluding ortho intramolecular Hbond substituents is 1. The van der Waals surface area contributed by atoms with Crippen molar-refractivity contribution in [3.63, 3.8) is 0 Å². The zero-order chi connectivity index (χ0) is 33.3. The van der Waals surface area contributed by atoms with Gasteiger partial charge in [0.05, 0.1) is 16.7 Å². The zero-order valence-corrected chi connectivity index (χ0v) is 20.1. The van der Waals surface area contributed by atoms with Crippen LogP contribution in [0.2, 0.25) is 0 Å². The molecule has 4 aromatic rings. The summed E-state index contributed by atoms with van der Waals surface area (Å²) in [5, 5.41) is 28.9. The second-order valence-corrected chi connectivity index (χ2v) is 8.30. The summed E-state index contributed by atoms with van der Waals surface area (Å²) < 4.78 is 221. The lowest BCUT2D eigenvalue weighted by Crippen LogP contribution is -2.21. The van der Waals surface area contributed by atoms with E-state index in [0.29, 0.717) is 0 Å². The number of phenols is 1. The molecule has 0 amide bonds. The van der Waals surface area contributed by atoms with Gasteiger partial charge in [-0.25, -0.2) is 65.9 Å². The molecule has 0 saturated carbocycles. The highest BCUT2D eigenvalue weighted by Crippen LogP contribution is 2.54. The topological polar surface area (TPSA) is 69.9 Å². The molecule has 0 heterocycles. The maximum absolute atomic E-state index is 15.1. The molecule has 0 aromatic heterocycles. The molecule has 232 valence electrons. The normalized spacial score (nSPS) is 11.4. The summed E-state index contributed by atoms with van der Waals surface area (Å²) >= 11 is 0. The molecule has 0 radical (unpaired) electrons. The molecule has 0 spiro atoms. The summed E-state index contributed by atoms with van der Waals surface area (Å²) in [5.41, 5.74) is -14.3. The van der Waals surface area contributed by atoms with Gasteiger partial charge in [-0.05, 0) is 6.07 Å². The fourth-order valence-corrected chi connectivity index (χ4v) is 4.04. The molecular formula is C24H4BF15O4. The van der Waals surface area contributed by atoms with Gasteiger partial charge in [-0.3, -0.25) is 0 Å². The van der Waals surface area contributed by atoms with Crippen molar-refractivity contribution >= 4 is 7.32 Å². The van der Waals surface area contributed by atoms with Gasteiger partial charge in [0.1, 0.15) is 5.75 Å². The van der Waals surface area contributed by atoms with Crippen LogP contribution >= 0.6 is 0 Å². The van der Waals surface area contributed by atoms with E-state index in [1.165, 1.54) is 0 Å². The fraction of sp³-hybridized carbons (Fsp3) is 0. The molecule has 0 aliphatic rings. The first-order valence-electron chi connectivity index (χ1n) is 10.8. The van der Waals surface area contributed by atoms with Crippen molar-refractivity contribution in [2.45, 2.75) is 0 Å². The van der Waals surface area contributed by atoms with E-state index in [4.69, 9.17) is 10.0 Å². The zero-order valence-electron chi connectivity index (χ0n) is 20.1. The first-order chi connectivity index (χ1) is 20.4. The number of hydrogen-bond donors (Lipinski definition) is 3. The van der Waals surface area contributed by atoms with Gasteiger partial charge in [-0.1, -0.05) is 0 Å². The Balaban J connectivity index is 2.48. The Bertz CT molecular complexity index is 1810. The highest BCUT2D eigenvalue weighted by molar-refractivity contribution is 6.34. The highest BCUT2D eigenvalue weighted by atomic mass is 19.2. The van der Waals surface area contributed by atoms with E-state index >= 15 is 8.78 Å². The predicted octanol–water partition coefficient (Wildman–Crippen LogP) is 6.83. The molecule has 0 atom stereocenters. The Morgan fingerprint density at radius 2 is 0.659 bits per heavy atom. The van der Waals surface area contributed by atoms with E-state index in [-0.39, 0.29) is 6.07 Å². The minimum absolute atomic E-state index is 0.310. The van der Waals surface area contributed by atoms with Crippen LogP contribution in [0.15, 0.2) is 6.07 Å². The van der Waals surface area contributed by atoms with Crippen LogP contribution < -0.4 is 4.65 Å². The first-order valence-corrected chi connectivity index (χ1v) is 10.8. The second kappa shape index (κ2) is 11.2. The highest BCUT2D eigenvalue weighted by Gasteiger charge is 2.39. The standard InChI is InChI=1S/C24H4BF15O4/c26-9-5(10(27)16(33)21(38)15(9)32)2-1-3(44-25(42)43)24(41)6(8-13(30)19(36)23(40)20(37)14(8)31)4(2)7-11(28)17(34)22(39)18(35)12(7)29/h1,41-43H. The molecule has 4 nitrogen and oxygen atoms in total. The fourth-order valence-electron chi connectivity index (χ4n) is 4.04. The van der Waals surface area contributed by atoms with E-state index in [1.807, 2.05) is 0 Å². The van der Waals surface area contributed by atoms with E-state index in [1.54, 1.807) is 0 Å². The number of hydrogen-bond acceptors (Lipinski definition) is 4. The average Bonchev–Trinajstić information content (AvgIpc) is 2.97. The molecule has 0 bridgehead atoms. The van der Waals surface area contributed by atoms with Crippen LogP contribution in [0.1, 0.15) is 0 Å². The van der Waals surface area contributed by atoms with E-state index in [2.05, 4.69) is 4.65 Å². The van der Waals surface area contributed by atoms with Gasteiger partial charge in [0, 0.05) is 16.7 Å². The van der Waals surface area contributed by atoms with Crippen LogP contribution in [0, 0.1) is 87.3 Å². The van der Waals surface area contributed by atoms with Gasteiger partial charge in [-0.2, -0.15) is 0 Å². The van der Waals surface area contributed by atoms with E-state index < -0.39 is 139 Å². The number of benzene rings is 4. The van der Waals surface area contributed by atoms with Crippen molar-refractivity contribution in [3.8, 4) is 44.9 Å². The summed E-state index contributed by atoms with van der Waals surface area (Å²) in [6.07, 6.45) is 0. The molecule has 44 heavy (non-hydrogen) atoms. The van der Waals surface area contributed by atoms with Gasteiger partial charge in [0.25, 0.3) is 0 Å². The molecule has 0 unspecified atom stereocenters. The Morgan fingerprint density at radius 1 is 0.386 bits per heavy atom. The number of aromatic hydroxyl groups is 1. The largest absolute Gasteiger partial charge is 0.707 e. The molecule has 3 N–H and O–H groups in total. The van der Waals surface area contributed by atoms with Crippen molar-refractivity contribution in [1.82, 2.24) is 0 Å². The Morgan fingerprint density at radius 3 is 0.977 bits per heavy atom. The minimum atomic E-state index is -3.20. The van der Waals surface area contributed by atoms with Crippen LogP contribution in [-0.2, 0) is 0 Å². The van der Waals surface area contributed by atoms with Gasteiger partial charge in [-0.15, -0.1) is 0 Å². The molecule has 0 saturated heterocycles. The van der Waals surface area contributed by atoms with Crippen molar-refractivity contribution in [3.05, 3.63) is 93.3 Å². The summed E-state index contributed by atoms with van der Waals surface area (Å²) in [6, 6.07) is -0.310. The van der Waals surface area contributed by atoms with Crippen LogP contribution in [0.3, 0.4) is 0 Å². The lowest BCUT2D eigenvalue weighted by molar-refractivity contribution is 0.281. The monoisotopic (exact) mass is 652 g/mol. The molecule has 4 aromatic carbocycles. The van der Waals surface area contributed by atoms with Gasteiger partial charge in [0.2, 0.25) is 17.5 Å². The maximum Gasteiger partial charge on any atom is 0.707 e. The van der Waals surface area contributed by atoms with Crippen LogP contribution in [-0.4, -0.2) is 22.5 Å². The summed E-state index contributed by atoms with van der Waals surface area (Å²) in [5.74, 6) is -48.5. The summed E-state index contributed by atoms with van der Waals surface area (Å²) in [7, 11) is -3.20. The SMILES string of the molecule is OB(O)Oc1cc(-c2c(F)c(F)c(F)c(F)c2F)c(-c2c(F)c(F)c(F)c(F)c2F)c(-c2c(F)c(F)c(F)c(F)c2F)c1O. The van der Waals surface area contributed by atoms with Gasteiger partial charge >= 0.3 is 7.32 Å². The lowest BCUT2D eigenvalue weighted by atomic mass is 9.84. The van der Waals surface area contributed by atoms with Crippen molar-refractivity contribution < 1.29 is 85.7 Å². The summed E-state index contributed by atoms with van der Waals surface area (Å²) in [4.78, 5) is 0. The molecule has 0 aliphatic carbocycles. The van der Waals surface area contributed by atoms with E-state index in [0.717, 1.165) is 0 Å². The van der Waals surface area contributed by atoms with Crippen molar-refractivity contribution in [2.24, 2.45) is 0 Å². The Kier molecular flexibility index (Phi) is 8.20. The Labute approximate surface area is 232 Å². The van der Waals surface area contributed by atoms with Crippen LogP contribution in [0.25, 0.3) is 33.4 Å².